The number of aliphatic carboxylic acids is 8. The van der Waals surface area contributed by atoms with Crippen molar-refractivity contribution in [3.63, 3.8) is 0 Å². The Kier molecular flexibility index (Phi) is 16.0. The van der Waals surface area contributed by atoms with Crippen LogP contribution in [0.25, 0.3) is 0 Å². The minimum absolute atomic E-state index is 0.0342. The molecule has 0 spiro atoms. The summed E-state index contributed by atoms with van der Waals surface area (Å²) in [7, 11) is 0. The number of esters is 1. The van der Waals surface area contributed by atoms with E-state index >= 15 is 0 Å². The van der Waals surface area contributed by atoms with Crippen molar-refractivity contribution in [2.24, 2.45) is 0 Å². The number of carbonyl (C=O) groups excluding carboxylic acids is 1. The third-order valence-corrected chi connectivity index (χ3v) is 9.57. The normalized spacial score (nSPS) is 12.9. The van der Waals surface area contributed by atoms with Gasteiger partial charge in [-0.05, 0) is 30.3 Å². The Labute approximate surface area is 360 Å². The van der Waals surface area contributed by atoms with E-state index < -0.39 is 149 Å². The Bertz CT molecular complexity index is 2050. The molecule has 64 heavy (non-hydrogen) atoms. The number of rotatable bonds is 26. The van der Waals surface area contributed by atoms with E-state index in [0.717, 1.165) is 19.6 Å². The van der Waals surface area contributed by atoms with Gasteiger partial charge >= 0.3 is 53.7 Å². The number of aromatic hydroxyl groups is 2. The number of carbonyl (C=O) groups is 9. The van der Waals surface area contributed by atoms with Gasteiger partial charge in [-0.25, -0.2) is 4.79 Å². The first-order chi connectivity index (χ1) is 30.0. The fraction of sp³-hybridized carbons (Fsp3) is 0.325. The number of cyclic esters (lactones) is 1. The van der Waals surface area contributed by atoms with E-state index in [1.807, 2.05) is 0 Å². The molecule has 3 aromatic carbocycles. The van der Waals surface area contributed by atoms with Crippen molar-refractivity contribution in [1.29, 1.82) is 0 Å². The van der Waals surface area contributed by atoms with Crippen LogP contribution in [0.15, 0.2) is 48.5 Å². The first-order valence-electron chi connectivity index (χ1n) is 18.7. The molecular weight excluding hydrogens is 856 g/mol. The standard InChI is InChI=1S/C40H42N4O20/c45-29(46)13-41(14-30(47)48)9-21-5-25(6-22(37(21)61)10-42(15-31(49)50)16-32(51)52)40(28-4-2-1-3-27(28)39(63)64-40)26-7-23(11-43(17-33(53)54)18-34(55)56)38(62)24(8-26)12-44(19-35(57)58)20-36(59)60/h1-8,61-62H,9-20H2,(H,45,46)(H,47,48)(H,49,50)(H,51,52)(H,53,54)(H,55,56)(H,57,58)(H,59,60). The number of carboxylic acid groups (broad SMARTS) is 8. The van der Waals surface area contributed by atoms with E-state index in [1.54, 1.807) is 0 Å². The van der Waals surface area contributed by atoms with E-state index in [9.17, 15) is 94.2 Å². The molecule has 10 N–H and O–H groups in total. The SMILES string of the molecule is O=C(O)CN(CC(=O)O)Cc1cc(C2(c3cc(CN(CC(=O)O)CC(=O)O)c(O)c(CN(CC(=O)O)CC(=O)O)c3)OC(=O)c3ccccc32)cc(CN(CC(=O)O)CC(=O)O)c1O. The van der Waals surface area contributed by atoms with Gasteiger partial charge in [-0.3, -0.25) is 58.0 Å². The van der Waals surface area contributed by atoms with E-state index in [4.69, 9.17) is 4.74 Å². The summed E-state index contributed by atoms with van der Waals surface area (Å²) in [6.45, 7) is -9.76. The minimum Gasteiger partial charge on any atom is -0.507 e. The van der Waals surface area contributed by atoms with Crippen molar-refractivity contribution < 1.29 is 99.0 Å². The van der Waals surface area contributed by atoms with Crippen LogP contribution in [-0.2, 0) is 74.9 Å². The molecule has 0 bridgehead atoms. The molecule has 1 heterocycles. The van der Waals surface area contributed by atoms with Crippen LogP contribution in [0.2, 0.25) is 0 Å². The molecule has 24 heteroatoms. The highest BCUT2D eigenvalue weighted by atomic mass is 16.6. The molecule has 1 aliphatic rings. The second kappa shape index (κ2) is 20.9. The number of hydrogen-bond donors (Lipinski definition) is 10. The van der Waals surface area contributed by atoms with Gasteiger partial charge in [0, 0.05) is 65.1 Å². The average Bonchev–Trinajstić information content (AvgIpc) is 3.45. The first-order valence-corrected chi connectivity index (χ1v) is 18.7. The summed E-state index contributed by atoms with van der Waals surface area (Å²) in [5.41, 5.74) is -3.60. The number of hydrogen-bond acceptors (Lipinski definition) is 16. The summed E-state index contributed by atoms with van der Waals surface area (Å²) in [5.74, 6) is -14.2. The quantitative estimate of drug-likeness (QED) is 0.0452. The van der Waals surface area contributed by atoms with Crippen molar-refractivity contribution in [1.82, 2.24) is 19.6 Å². The highest BCUT2D eigenvalue weighted by Gasteiger charge is 2.49. The highest BCUT2D eigenvalue weighted by molar-refractivity contribution is 5.96. The molecule has 0 saturated heterocycles. The number of ether oxygens (including phenoxy) is 1. The number of carboxylic acids is 8. The molecule has 0 atom stereocenters. The fourth-order valence-corrected chi connectivity index (χ4v) is 7.39. The molecule has 0 fully saturated rings. The van der Waals surface area contributed by atoms with E-state index in [0.29, 0.717) is 0 Å². The third-order valence-electron chi connectivity index (χ3n) is 9.57. The third kappa shape index (κ3) is 12.7. The van der Waals surface area contributed by atoms with Crippen molar-refractivity contribution in [2.75, 3.05) is 52.4 Å². The van der Waals surface area contributed by atoms with Crippen molar-refractivity contribution in [2.45, 2.75) is 31.8 Å². The molecule has 24 nitrogen and oxygen atoms in total. The summed E-state index contributed by atoms with van der Waals surface area (Å²) < 4.78 is 6.22. The Morgan fingerprint density at radius 3 is 0.938 bits per heavy atom. The molecule has 0 unspecified atom stereocenters. The lowest BCUT2D eigenvalue weighted by atomic mass is 9.77. The van der Waals surface area contributed by atoms with Gasteiger partial charge in [-0.1, -0.05) is 18.2 Å². The molecule has 0 radical (unpaired) electrons. The summed E-state index contributed by atoms with van der Waals surface area (Å²) in [4.78, 5) is 112. The number of fused-ring (bicyclic) bond motifs is 1. The highest BCUT2D eigenvalue weighted by Crippen LogP contribution is 2.50. The molecular formula is C40H42N4O20. The molecule has 3 aromatic rings. The lowest BCUT2D eigenvalue weighted by Gasteiger charge is -2.34. The van der Waals surface area contributed by atoms with E-state index in [1.165, 1.54) is 48.5 Å². The minimum atomic E-state index is -2.27. The summed E-state index contributed by atoms with van der Waals surface area (Å²) in [6, 6.07) is 10.5. The summed E-state index contributed by atoms with van der Waals surface area (Å²) in [5, 5.41) is 100. The first kappa shape index (κ1) is 49.0. The second-order valence-corrected chi connectivity index (χ2v) is 14.6. The van der Waals surface area contributed by atoms with E-state index in [-0.39, 0.29) is 44.5 Å². The summed E-state index contributed by atoms with van der Waals surface area (Å²) >= 11 is 0. The summed E-state index contributed by atoms with van der Waals surface area (Å²) in [6.07, 6.45) is 0. The zero-order chi connectivity index (χ0) is 47.6. The molecule has 4 rings (SSSR count). The number of phenols is 2. The van der Waals surface area contributed by atoms with Gasteiger partial charge in [0.15, 0.2) is 5.60 Å². The maximum atomic E-state index is 13.9. The van der Waals surface area contributed by atoms with Crippen LogP contribution in [-0.4, -0.2) is 177 Å². The van der Waals surface area contributed by atoms with Gasteiger partial charge in [-0.15, -0.1) is 0 Å². The van der Waals surface area contributed by atoms with Gasteiger partial charge in [0.1, 0.15) is 11.5 Å². The van der Waals surface area contributed by atoms with Crippen LogP contribution in [0.4, 0.5) is 0 Å². The van der Waals surface area contributed by atoms with Gasteiger partial charge in [0.25, 0.3) is 0 Å². The monoisotopic (exact) mass is 898 g/mol. The Morgan fingerprint density at radius 1 is 0.438 bits per heavy atom. The predicted molar refractivity (Wildman–Crippen MR) is 210 cm³/mol. The van der Waals surface area contributed by atoms with Crippen LogP contribution >= 0.6 is 0 Å². The van der Waals surface area contributed by atoms with Crippen LogP contribution in [0.3, 0.4) is 0 Å². The molecule has 1 aliphatic heterocycles. The topological polar surface area (TPSA) is 378 Å². The molecule has 342 valence electrons. The van der Waals surface area contributed by atoms with E-state index in [2.05, 4.69) is 0 Å². The van der Waals surface area contributed by atoms with Crippen LogP contribution in [0, 0.1) is 0 Å². The van der Waals surface area contributed by atoms with Gasteiger partial charge in [0.05, 0.1) is 57.9 Å². The number of benzene rings is 3. The Morgan fingerprint density at radius 2 is 0.688 bits per heavy atom. The molecule has 0 saturated carbocycles. The van der Waals surface area contributed by atoms with Gasteiger partial charge < -0.3 is 55.8 Å². The molecule has 0 aromatic heterocycles. The van der Waals surface area contributed by atoms with Crippen molar-refractivity contribution >= 4 is 53.7 Å². The van der Waals surface area contributed by atoms with Crippen LogP contribution in [0.5, 0.6) is 11.5 Å². The van der Waals surface area contributed by atoms with Crippen LogP contribution in [0.1, 0.15) is 49.3 Å². The van der Waals surface area contributed by atoms with Gasteiger partial charge in [-0.2, -0.15) is 0 Å². The lowest BCUT2D eigenvalue weighted by Crippen LogP contribution is -2.36. The molecule has 0 amide bonds. The largest absolute Gasteiger partial charge is 0.507 e. The average molecular weight is 899 g/mol. The van der Waals surface area contributed by atoms with Gasteiger partial charge in [0.2, 0.25) is 0 Å². The smallest absolute Gasteiger partial charge is 0.340 e. The molecule has 0 aliphatic carbocycles. The maximum Gasteiger partial charge on any atom is 0.340 e. The fourth-order valence-electron chi connectivity index (χ4n) is 7.39. The second-order valence-electron chi connectivity index (χ2n) is 14.6. The zero-order valence-corrected chi connectivity index (χ0v) is 33.4. The van der Waals surface area contributed by atoms with Crippen molar-refractivity contribution in [3.05, 3.63) is 93.0 Å². The number of nitrogens with zero attached hydrogens (tertiary/aromatic N) is 4. The Hall–Kier alpha value is -7.67. The lowest BCUT2D eigenvalue weighted by molar-refractivity contribution is -0.144. The predicted octanol–water partition coefficient (Wildman–Crippen LogP) is -0.555. The maximum absolute atomic E-state index is 13.9. The van der Waals surface area contributed by atoms with Crippen molar-refractivity contribution in [3.8, 4) is 11.5 Å². The number of phenolic OH excluding ortho intramolecular Hbond substituents is 2. The van der Waals surface area contributed by atoms with Crippen LogP contribution < -0.4 is 0 Å². The Balaban J connectivity index is 2.17. The zero-order valence-electron chi connectivity index (χ0n) is 33.4.